The topological polar surface area (TPSA) is 50.3 Å². The standard InChI is InChI=1S/C15H17BrN2O2S/c1-11-10-18(9-7-13(11)16)21(19,20)15-6-2-5-14-12(15)4-3-8-17-14/h2-6,8,11,13H,7,9-10H2,1H3. The quantitative estimate of drug-likeness (QED) is 0.765. The molecule has 0 spiro atoms. The summed E-state index contributed by atoms with van der Waals surface area (Å²) in [5.74, 6) is 0.307. The van der Waals surface area contributed by atoms with Crippen LogP contribution in [0.5, 0.6) is 0 Å². The lowest BCUT2D eigenvalue weighted by molar-refractivity contribution is 0.292. The normalized spacial score (nSPS) is 24.3. The van der Waals surface area contributed by atoms with E-state index in [4.69, 9.17) is 0 Å². The van der Waals surface area contributed by atoms with Crippen molar-refractivity contribution in [3.05, 3.63) is 36.5 Å². The van der Waals surface area contributed by atoms with Gasteiger partial charge in [0, 0.05) is 29.5 Å². The molecule has 0 N–H and O–H groups in total. The molecule has 1 aliphatic heterocycles. The summed E-state index contributed by atoms with van der Waals surface area (Å²) in [7, 11) is -3.47. The molecular weight excluding hydrogens is 352 g/mol. The van der Waals surface area contributed by atoms with Gasteiger partial charge in [-0.1, -0.05) is 28.9 Å². The highest BCUT2D eigenvalue weighted by Gasteiger charge is 2.33. The van der Waals surface area contributed by atoms with E-state index in [1.807, 2.05) is 12.1 Å². The van der Waals surface area contributed by atoms with Crippen LogP contribution in [-0.4, -0.2) is 35.6 Å². The van der Waals surface area contributed by atoms with E-state index in [1.165, 1.54) is 0 Å². The number of pyridine rings is 1. The Morgan fingerprint density at radius 2 is 2.10 bits per heavy atom. The van der Waals surface area contributed by atoms with E-state index in [0.29, 0.717) is 39.6 Å². The molecule has 1 aromatic carbocycles. The number of piperidine rings is 1. The lowest BCUT2D eigenvalue weighted by Gasteiger charge is -2.33. The number of sulfonamides is 1. The van der Waals surface area contributed by atoms with Crippen molar-refractivity contribution in [2.24, 2.45) is 5.92 Å². The Morgan fingerprint density at radius 1 is 1.29 bits per heavy atom. The zero-order valence-electron chi connectivity index (χ0n) is 11.7. The molecule has 0 bridgehead atoms. The largest absolute Gasteiger partial charge is 0.256 e. The zero-order chi connectivity index (χ0) is 15.0. The number of alkyl halides is 1. The van der Waals surface area contributed by atoms with Crippen LogP contribution in [0.25, 0.3) is 10.9 Å². The van der Waals surface area contributed by atoms with Gasteiger partial charge in [0.1, 0.15) is 0 Å². The van der Waals surface area contributed by atoms with Crippen LogP contribution >= 0.6 is 15.9 Å². The monoisotopic (exact) mass is 368 g/mol. The van der Waals surface area contributed by atoms with Gasteiger partial charge in [-0.3, -0.25) is 4.98 Å². The van der Waals surface area contributed by atoms with Crippen LogP contribution in [0.15, 0.2) is 41.4 Å². The number of hydrogen-bond acceptors (Lipinski definition) is 3. The summed E-state index contributed by atoms with van der Waals surface area (Å²) in [6, 6.07) is 8.85. The molecule has 1 saturated heterocycles. The van der Waals surface area contributed by atoms with Gasteiger partial charge in [-0.05, 0) is 36.6 Å². The molecular formula is C15H17BrN2O2S. The van der Waals surface area contributed by atoms with Crippen molar-refractivity contribution in [1.82, 2.24) is 9.29 Å². The van der Waals surface area contributed by atoms with E-state index in [2.05, 4.69) is 27.8 Å². The summed E-state index contributed by atoms with van der Waals surface area (Å²) < 4.78 is 27.5. The van der Waals surface area contributed by atoms with E-state index < -0.39 is 10.0 Å². The van der Waals surface area contributed by atoms with Crippen molar-refractivity contribution < 1.29 is 8.42 Å². The first kappa shape index (κ1) is 14.9. The number of benzene rings is 1. The van der Waals surface area contributed by atoms with Gasteiger partial charge in [0.25, 0.3) is 0 Å². The van der Waals surface area contributed by atoms with Crippen LogP contribution in [-0.2, 0) is 10.0 Å². The summed E-state index contributed by atoms with van der Waals surface area (Å²) in [6.45, 7) is 3.18. The summed E-state index contributed by atoms with van der Waals surface area (Å²) in [4.78, 5) is 4.98. The molecule has 6 heteroatoms. The van der Waals surface area contributed by atoms with Gasteiger partial charge in [-0.25, -0.2) is 8.42 Å². The Hall–Kier alpha value is -0.980. The van der Waals surface area contributed by atoms with Gasteiger partial charge in [0.2, 0.25) is 10.0 Å². The van der Waals surface area contributed by atoms with E-state index in [9.17, 15) is 8.42 Å². The average molecular weight is 369 g/mol. The molecule has 0 amide bonds. The first-order valence-corrected chi connectivity index (χ1v) is 9.33. The first-order valence-electron chi connectivity index (χ1n) is 6.98. The second-order valence-electron chi connectivity index (χ2n) is 5.47. The Balaban J connectivity index is 2.05. The fraction of sp³-hybridized carbons (Fsp3) is 0.400. The van der Waals surface area contributed by atoms with Crippen molar-refractivity contribution in [2.75, 3.05) is 13.1 Å². The minimum atomic E-state index is -3.47. The predicted octanol–water partition coefficient (Wildman–Crippen LogP) is 3.03. The minimum absolute atomic E-state index is 0.307. The zero-order valence-corrected chi connectivity index (χ0v) is 14.1. The molecule has 112 valence electrons. The molecule has 2 aromatic rings. The number of aromatic nitrogens is 1. The predicted molar refractivity (Wildman–Crippen MR) is 87.0 cm³/mol. The third-order valence-electron chi connectivity index (χ3n) is 3.99. The molecule has 1 aromatic heterocycles. The third kappa shape index (κ3) is 2.72. The molecule has 4 nitrogen and oxygen atoms in total. The van der Waals surface area contributed by atoms with Gasteiger partial charge in [0.15, 0.2) is 0 Å². The van der Waals surface area contributed by atoms with Crippen LogP contribution in [0.4, 0.5) is 0 Å². The van der Waals surface area contributed by atoms with Crippen LogP contribution in [0.2, 0.25) is 0 Å². The van der Waals surface area contributed by atoms with Crippen molar-refractivity contribution in [2.45, 2.75) is 23.1 Å². The van der Waals surface area contributed by atoms with Crippen molar-refractivity contribution in [1.29, 1.82) is 0 Å². The second kappa shape index (κ2) is 5.66. The first-order chi connectivity index (χ1) is 10.00. The second-order valence-corrected chi connectivity index (χ2v) is 8.55. The van der Waals surface area contributed by atoms with Crippen molar-refractivity contribution >= 4 is 36.9 Å². The summed E-state index contributed by atoms with van der Waals surface area (Å²) in [6.07, 6.45) is 2.51. The molecule has 0 aliphatic carbocycles. The number of rotatable bonds is 2. The highest BCUT2D eigenvalue weighted by atomic mass is 79.9. The SMILES string of the molecule is CC1CN(S(=O)(=O)c2cccc3ncccc23)CCC1Br. The van der Waals surface area contributed by atoms with Crippen LogP contribution in [0.1, 0.15) is 13.3 Å². The smallest absolute Gasteiger partial charge is 0.243 e. The van der Waals surface area contributed by atoms with E-state index in [0.717, 1.165) is 6.42 Å². The fourth-order valence-corrected chi connectivity index (χ4v) is 4.86. The maximum atomic E-state index is 12.9. The molecule has 2 unspecified atom stereocenters. The van der Waals surface area contributed by atoms with Crippen molar-refractivity contribution in [3.63, 3.8) is 0 Å². The van der Waals surface area contributed by atoms with Gasteiger partial charge in [0.05, 0.1) is 10.4 Å². The number of fused-ring (bicyclic) bond motifs is 1. The van der Waals surface area contributed by atoms with E-state index in [1.54, 1.807) is 28.7 Å². The average Bonchev–Trinajstić information content (AvgIpc) is 2.49. The third-order valence-corrected chi connectivity index (χ3v) is 7.27. The molecule has 1 fully saturated rings. The highest BCUT2D eigenvalue weighted by Crippen LogP contribution is 2.30. The molecule has 21 heavy (non-hydrogen) atoms. The molecule has 0 saturated carbocycles. The Labute approximate surface area is 133 Å². The number of halogens is 1. The summed E-state index contributed by atoms with van der Waals surface area (Å²) >= 11 is 3.61. The fourth-order valence-electron chi connectivity index (χ4n) is 2.74. The van der Waals surface area contributed by atoms with Crippen LogP contribution < -0.4 is 0 Å². The molecule has 3 rings (SSSR count). The lowest BCUT2D eigenvalue weighted by atomic mass is 10.0. The molecule has 2 heterocycles. The van der Waals surface area contributed by atoms with Crippen LogP contribution in [0, 0.1) is 5.92 Å². The molecule has 0 radical (unpaired) electrons. The Bertz CT molecular complexity index is 758. The van der Waals surface area contributed by atoms with Crippen LogP contribution in [0.3, 0.4) is 0 Å². The molecule has 2 atom stereocenters. The van der Waals surface area contributed by atoms with Gasteiger partial charge in [-0.15, -0.1) is 0 Å². The lowest BCUT2D eigenvalue weighted by Crippen LogP contribution is -2.43. The summed E-state index contributed by atoms with van der Waals surface area (Å²) in [5, 5.41) is 0.689. The Kier molecular flexibility index (Phi) is 4.03. The van der Waals surface area contributed by atoms with E-state index >= 15 is 0 Å². The van der Waals surface area contributed by atoms with Gasteiger partial charge in [-0.2, -0.15) is 4.31 Å². The molecule has 1 aliphatic rings. The number of nitrogens with zero attached hydrogens (tertiary/aromatic N) is 2. The maximum absolute atomic E-state index is 12.9. The maximum Gasteiger partial charge on any atom is 0.243 e. The summed E-state index contributed by atoms with van der Waals surface area (Å²) in [5.41, 5.74) is 0.710. The van der Waals surface area contributed by atoms with E-state index in [-0.39, 0.29) is 0 Å². The van der Waals surface area contributed by atoms with Gasteiger partial charge < -0.3 is 0 Å². The highest BCUT2D eigenvalue weighted by molar-refractivity contribution is 9.09. The number of hydrogen-bond donors (Lipinski definition) is 0. The van der Waals surface area contributed by atoms with Gasteiger partial charge >= 0.3 is 0 Å². The van der Waals surface area contributed by atoms with Crippen molar-refractivity contribution in [3.8, 4) is 0 Å². The Morgan fingerprint density at radius 3 is 2.86 bits per heavy atom. The minimum Gasteiger partial charge on any atom is -0.256 e.